The Morgan fingerprint density at radius 3 is 2.75 bits per heavy atom. The highest BCUT2D eigenvalue weighted by atomic mass is 16.4. The number of allylic oxidation sites excluding steroid dienone is 1. The number of nitrogens with one attached hydrogen (secondary N) is 1. The van der Waals surface area contributed by atoms with E-state index in [1.54, 1.807) is 6.92 Å². The Hall–Kier alpha value is -2.15. The van der Waals surface area contributed by atoms with Gasteiger partial charge in [0, 0.05) is 12.6 Å². The van der Waals surface area contributed by atoms with Crippen molar-refractivity contribution in [3.63, 3.8) is 0 Å². The number of amides is 1. The van der Waals surface area contributed by atoms with Gasteiger partial charge >= 0.3 is 5.97 Å². The number of carbonyl (C=O) groups is 2. The van der Waals surface area contributed by atoms with Crippen molar-refractivity contribution in [3.8, 4) is 0 Å². The van der Waals surface area contributed by atoms with E-state index in [-0.39, 0.29) is 23.7 Å². The van der Waals surface area contributed by atoms with E-state index in [1.165, 1.54) is 11.2 Å². The van der Waals surface area contributed by atoms with E-state index in [0.29, 0.717) is 12.0 Å². The third-order valence-electron chi connectivity index (χ3n) is 5.36. The lowest BCUT2D eigenvalue weighted by atomic mass is 9.82. The predicted octanol–water partition coefficient (Wildman–Crippen LogP) is 0.954. The summed E-state index contributed by atoms with van der Waals surface area (Å²) in [5.41, 5.74) is 1.56. The van der Waals surface area contributed by atoms with Crippen molar-refractivity contribution in [2.75, 3.05) is 6.54 Å². The SMILES string of the molecule is CC(=C[C@@H]1CCCN1C=N)C1=C(C(=O)O)N2C(=O)[C@H]([C@@H](C)O)[C@H]2C1. The van der Waals surface area contributed by atoms with E-state index in [4.69, 9.17) is 5.41 Å². The summed E-state index contributed by atoms with van der Waals surface area (Å²) in [6.45, 7) is 4.27. The maximum absolute atomic E-state index is 12.2. The van der Waals surface area contributed by atoms with E-state index in [0.717, 1.165) is 25.0 Å². The van der Waals surface area contributed by atoms with Crippen LogP contribution in [0.25, 0.3) is 0 Å². The van der Waals surface area contributed by atoms with Crippen molar-refractivity contribution in [1.82, 2.24) is 9.80 Å². The molecule has 1 amide bonds. The van der Waals surface area contributed by atoms with Gasteiger partial charge in [0.2, 0.25) is 5.91 Å². The van der Waals surface area contributed by atoms with Crippen LogP contribution in [0.15, 0.2) is 22.9 Å². The molecule has 0 aromatic carbocycles. The summed E-state index contributed by atoms with van der Waals surface area (Å²) in [4.78, 5) is 27.2. The number of fused-ring (bicyclic) bond motifs is 1. The molecule has 0 saturated carbocycles. The number of carboxylic acid groups (broad SMARTS) is 1. The molecule has 24 heavy (non-hydrogen) atoms. The summed E-state index contributed by atoms with van der Waals surface area (Å²) in [6, 6.07) is -0.161. The fourth-order valence-corrected chi connectivity index (χ4v) is 4.16. The molecule has 7 heteroatoms. The van der Waals surface area contributed by atoms with Gasteiger partial charge in [-0.05, 0) is 44.3 Å². The lowest BCUT2D eigenvalue weighted by molar-refractivity contribution is -0.161. The highest BCUT2D eigenvalue weighted by Crippen LogP contribution is 2.45. The molecule has 3 heterocycles. The Labute approximate surface area is 140 Å². The molecule has 7 nitrogen and oxygen atoms in total. The Bertz CT molecular complexity index is 652. The number of likely N-dealkylation sites (tertiary alicyclic amines) is 1. The number of aliphatic carboxylic acids is 1. The minimum absolute atomic E-state index is 0.0510. The van der Waals surface area contributed by atoms with Crippen molar-refractivity contribution in [2.45, 2.75) is 51.3 Å². The van der Waals surface area contributed by atoms with Gasteiger partial charge in [-0.3, -0.25) is 10.2 Å². The number of hydrogen-bond donors (Lipinski definition) is 3. The molecule has 3 aliphatic rings. The van der Waals surface area contributed by atoms with Crippen LogP contribution in [-0.4, -0.2) is 63.0 Å². The number of nitrogens with zero attached hydrogens (tertiary/aromatic N) is 2. The molecule has 0 aliphatic carbocycles. The van der Waals surface area contributed by atoms with Gasteiger partial charge in [0.25, 0.3) is 0 Å². The van der Waals surface area contributed by atoms with E-state index in [9.17, 15) is 19.8 Å². The molecule has 0 spiro atoms. The minimum atomic E-state index is -1.10. The van der Waals surface area contributed by atoms with Gasteiger partial charge < -0.3 is 20.0 Å². The first-order valence-corrected chi connectivity index (χ1v) is 8.29. The Balaban J connectivity index is 1.90. The third-order valence-corrected chi connectivity index (χ3v) is 5.36. The smallest absolute Gasteiger partial charge is 0.352 e. The van der Waals surface area contributed by atoms with E-state index in [2.05, 4.69) is 0 Å². The maximum atomic E-state index is 12.2. The molecule has 3 N–H and O–H groups in total. The first-order valence-electron chi connectivity index (χ1n) is 8.29. The minimum Gasteiger partial charge on any atom is -0.477 e. The summed E-state index contributed by atoms with van der Waals surface area (Å²) < 4.78 is 0. The summed E-state index contributed by atoms with van der Waals surface area (Å²) >= 11 is 0. The predicted molar refractivity (Wildman–Crippen MR) is 87.4 cm³/mol. The zero-order valence-electron chi connectivity index (χ0n) is 13.9. The van der Waals surface area contributed by atoms with E-state index in [1.807, 2.05) is 17.9 Å². The van der Waals surface area contributed by atoms with Crippen LogP contribution in [0.5, 0.6) is 0 Å². The molecule has 2 saturated heterocycles. The molecule has 2 fully saturated rings. The van der Waals surface area contributed by atoms with Crippen LogP contribution in [0.3, 0.4) is 0 Å². The zero-order valence-corrected chi connectivity index (χ0v) is 13.9. The monoisotopic (exact) mass is 333 g/mol. The van der Waals surface area contributed by atoms with Crippen molar-refractivity contribution >= 4 is 18.2 Å². The Morgan fingerprint density at radius 2 is 2.17 bits per heavy atom. The third kappa shape index (κ3) is 2.43. The number of aliphatic hydroxyl groups is 1. The Kier molecular flexibility index (Phi) is 4.21. The van der Waals surface area contributed by atoms with Crippen LogP contribution in [-0.2, 0) is 9.59 Å². The van der Waals surface area contributed by atoms with Gasteiger partial charge in [-0.2, -0.15) is 0 Å². The second-order valence-corrected chi connectivity index (χ2v) is 6.80. The highest BCUT2D eigenvalue weighted by Gasteiger charge is 2.56. The van der Waals surface area contributed by atoms with Gasteiger partial charge in [0.15, 0.2) is 0 Å². The maximum Gasteiger partial charge on any atom is 0.352 e. The fourth-order valence-electron chi connectivity index (χ4n) is 4.16. The normalized spacial score (nSPS) is 31.2. The highest BCUT2D eigenvalue weighted by molar-refractivity contribution is 6.00. The number of carbonyl (C=O) groups excluding carboxylic acids is 1. The van der Waals surface area contributed by atoms with Crippen molar-refractivity contribution < 1.29 is 19.8 Å². The number of β-lactam (4-membered cyclic amide) rings is 1. The second-order valence-electron chi connectivity index (χ2n) is 6.80. The van der Waals surface area contributed by atoms with Gasteiger partial charge in [-0.15, -0.1) is 0 Å². The molecule has 0 aromatic rings. The van der Waals surface area contributed by atoms with Crippen molar-refractivity contribution in [1.29, 1.82) is 5.41 Å². The summed E-state index contributed by atoms with van der Waals surface area (Å²) in [5.74, 6) is -1.93. The number of rotatable bonds is 5. The van der Waals surface area contributed by atoms with E-state index < -0.39 is 18.0 Å². The van der Waals surface area contributed by atoms with Crippen LogP contribution >= 0.6 is 0 Å². The number of carboxylic acids is 1. The second kappa shape index (κ2) is 6.05. The fraction of sp³-hybridized carbons (Fsp3) is 0.588. The number of aliphatic hydroxyl groups excluding tert-OH is 1. The molecule has 3 rings (SSSR count). The van der Waals surface area contributed by atoms with Crippen LogP contribution in [0.2, 0.25) is 0 Å². The topological polar surface area (TPSA) is 105 Å². The molecule has 0 aromatic heterocycles. The average molecular weight is 333 g/mol. The van der Waals surface area contributed by atoms with Gasteiger partial charge in [-0.1, -0.05) is 6.08 Å². The van der Waals surface area contributed by atoms with Gasteiger partial charge in [0.05, 0.1) is 24.4 Å². The van der Waals surface area contributed by atoms with Gasteiger partial charge in [-0.25, -0.2) is 4.79 Å². The molecular formula is C17H23N3O4. The first kappa shape index (κ1) is 16.7. The molecule has 4 atom stereocenters. The van der Waals surface area contributed by atoms with Gasteiger partial charge in [0.1, 0.15) is 5.70 Å². The quantitative estimate of drug-likeness (QED) is 0.395. The summed E-state index contributed by atoms with van der Waals surface area (Å²) in [5, 5.41) is 26.8. The Morgan fingerprint density at radius 1 is 1.46 bits per heavy atom. The van der Waals surface area contributed by atoms with Crippen molar-refractivity contribution in [2.24, 2.45) is 5.92 Å². The van der Waals surface area contributed by atoms with Crippen LogP contribution < -0.4 is 0 Å². The average Bonchev–Trinajstić information content (AvgIpc) is 3.08. The lowest BCUT2D eigenvalue weighted by Crippen LogP contribution is -2.61. The first-order chi connectivity index (χ1) is 11.4. The van der Waals surface area contributed by atoms with Crippen LogP contribution in [0, 0.1) is 11.3 Å². The zero-order chi connectivity index (χ0) is 17.6. The molecule has 130 valence electrons. The lowest BCUT2D eigenvalue weighted by Gasteiger charge is -2.44. The van der Waals surface area contributed by atoms with Crippen molar-refractivity contribution in [3.05, 3.63) is 22.9 Å². The molecule has 0 unspecified atom stereocenters. The van der Waals surface area contributed by atoms with E-state index >= 15 is 0 Å². The number of hydrogen-bond acceptors (Lipinski definition) is 4. The molecule has 3 aliphatic heterocycles. The largest absolute Gasteiger partial charge is 0.477 e. The molecular weight excluding hydrogens is 310 g/mol. The molecule has 0 bridgehead atoms. The molecule has 0 radical (unpaired) electrons. The van der Waals surface area contributed by atoms with Crippen LogP contribution in [0.4, 0.5) is 0 Å². The standard InChI is InChI=1S/C17H23N3O4/c1-9(6-11-4-3-5-19(11)8-18)12-7-13-14(10(2)21)16(22)20(13)15(12)17(23)24/h6,8,10-11,13-14,18,21H,3-5,7H2,1-2H3,(H,23,24)/t10-,11+,13-,14-/m1/s1. The summed E-state index contributed by atoms with van der Waals surface area (Å²) in [6.07, 6.45) is 4.95. The van der Waals surface area contributed by atoms with Crippen LogP contribution in [0.1, 0.15) is 33.1 Å². The summed E-state index contributed by atoms with van der Waals surface area (Å²) in [7, 11) is 0.